The quantitative estimate of drug-likeness (QED) is 0.700. The fourth-order valence-electron chi connectivity index (χ4n) is 2.86. The second-order valence-corrected chi connectivity index (χ2v) is 6.89. The van der Waals surface area contributed by atoms with Crippen molar-refractivity contribution in [2.75, 3.05) is 14.1 Å². The molecule has 1 N–H and O–H groups in total. The first-order valence-electron chi connectivity index (χ1n) is 8.94. The van der Waals surface area contributed by atoms with E-state index in [0.29, 0.717) is 13.0 Å². The van der Waals surface area contributed by atoms with Gasteiger partial charge in [-0.25, -0.2) is 0 Å². The molecule has 140 valence electrons. The summed E-state index contributed by atoms with van der Waals surface area (Å²) < 4.78 is 1.92. The molecule has 3 aromatic rings. The third-order valence-electron chi connectivity index (χ3n) is 4.28. The van der Waals surface area contributed by atoms with Crippen LogP contribution >= 0.6 is 0 Å². The molecule has 2 heterocycles. The minimum absolute atomic E-state index is 0.00914. The zero-order valence-corrected chi connectivity index (χ0v) is 16.0. The molecule has 0 unspecified atom stereocenters. The number of aryl methyl sites for hydroxylation is 1. The Bertz CT molecular complexity index is 885. The van der Waals surface area contributed by atoms with Gasteiger partial charge in [0, 0.05) is 38.1 Å². The van der Waals surface area contributed by atoms with Gasteiger partial charge in [0.1, 0.15) is 0 Å². The Morgan fingerprint density at radius 2 is 1.93 bits per heavy atom. The molecule has 1 amide bonds. The Morgan fingerprint density at radius 3 is 2.59 bits per heavy atom. The number of nitrogens with zero attached hydrogens (tertiary/aromatic N) is 4. The molecule has 27 heavy (non-hydrogen) atoms. The highest BCUT2D eigenvalue weighted by atomic mass is 16.1. The van der Waals surface area contributed by atoms with Gasteiger partial charge in [0.25, 0.3) is 0 Å². The van der Waals surface area contributed by atoms with Gasteiger partial charge in [-0.3, -0.25) is 14.5 Å². The van der Waals surface area contributed by atoms with Crippen LogP contribution in [0, 0.1) is 0 Å². The Hall–Kier alpha value is -2.99. The van der Waals surface area contributed by atoms with Crippen molar-refractivity contribution in [3.8, 4) is 11.3 Å². The molecule has 0 saturated heterocycles. The second-order valence-electron chi connectivity index (χ2n) is 6.89. The number of hydrogen-bond donors (Lipinski definition) is 1. The van der Waals surface area contributed by atoms with Crippen LogP contribution in [0.25, 0.3) is 11.3 Å². The monoisotopic (exact) mass is 363 g/mol. The maximum Gasteiger partial charge on any atom is 0.224 e. The van der Waals surface area contributed by atoms with E-state index in [1.807, 2.05) is 62.2 Å². The van der Waals surface area contributed by atoms with E-state index in [4.69, 9.17) is 0 Å². The number of hydrogen-bond acceptors (Lipinski definition) is 4. The molecule has 6 nitrogen and oxygen atoms in total. The topological polar surface area (TPSA) is 63.1 Å². The fraction of sp³-hybridized carbons (Fsp3) is 0.286. The number of aromatic nitrogens is 3. The first-order chi connectivity index (χ1) is 13.0. The van der Waals surface area contributed by atoms with Crippen molar-refractivity contribution in [2.24, 2.45) is 7.05 Å². The van der Waals surface area contributed by atoms with E-state index >= 15 is 0 Å². The number of carbonyl (C=O) groups is 1. The largest absolute Gasteiger partial charge is 0.352 e. The molecule has 0 saturated carbocycles. The van der Waals surface area contributed by atoms with Crippen molar-refractivity contribution in [3.05, 3.63) is 71.7 Å². The summed E-state index contributed by atoms with van der Waals surface area (Å²) in [5.74, 6) is -0.00914. The zero-order valence-electron chi connectivity index (χ0n) is 16.0. The molecular weight excluding hydrogens is 338 g/mol. The average molecular weight is 363 g/mol. The molecule has 0 aliphatic rings. The van der Waals surface area contributed by atoms with Crippen molar-refractivity contribution >= 4 is 5.91 Å². The summed E-state index contributed by atoms with van der Waals surface area (Å²) in [4.78, 5) is 18.2. The number of rotatable bonds is 7. The minimum Gasteiger partial charge on any atom is -0.352 e. The van der Waals surface area contributed by atoms with Gasteiger partial charge >= 0.3 is 0 Å². The summed E-state index contributed by atoms with van der Waals surface area (Å²) in [7, 11) is 6.06. The van der Waals surface area contributed by atoms with Crippen molar-refractivity contribution in [1.82, 2.24) is 25.0 Å². The number of nitrogens with one attached hydrogen (secondary N) is 1. The molecule has 0 fully saturated rings. The van der Waals surface area contributed by atoms with E-state index in [1.165, 1.54) is 5.69 Å². The van der Waals surface area contributed by atoms with Crippen LogP contribution in [0.2, 0.25) is 0 Å². The molecule has 0 aliphatic heterocycles. The Morgan fingerprint density at radius 1 is 1.15 bits per heavy atom. The molecule has 0 spiro atoms. The van der Waals surface area contributed by atoms with Crippen LogP contribution < -0.4 is 5.32 Å². The first-order valence-corrected chi connectivity index (χ1v) is 8.94. The van der Waals surface area contributed by atoms with Gasteiger partial charge in [-0.2, -0.15) is 5.10 Å². The van der Waals surface area contributed by atoms with Crippen LogP contribution in [-0.4, -0.2) is 39.7 Å². The molecular formula is C21H25N5O. The Labute approximate surface area is 159 Å². The third kappa shape index (κ3) is 5.24. The predicted molar refractivity (Wildman–Crippen MR) is 106 cm³/mol. The van der Waals surface area contributed by atoms with Crippen LogP contribution in [0.4, 0.5) is 0 Å². The lowest BCUT2D eigenvalue weighted by atomic mass is 10.1. The molecule has 3 rings (SSSR count). The number of pyridine rings is 1. The number of carbonyl (C=O) groups excluding carboxylic acids is 1. The predicted octanol–water partition coefficient (Wildman–Crippen LogP) is 2.40. The van der Waals surface area contributed by atoms with Gasteiger partial charge in [0.2, 0.25) is 5.91 Å². The lowest BCUT2D eigenvalue weighted by Crippen LogP contribution is -2.24. The summed E-state index contributed by atoms with van der Waals surface area (Å²) in [6.45, 7) is 1.36. The van der Waals surface area contributed by atoms with E-state index in [9.17, 15) is 4.79 Å². The summed E-state index contributed by atoms with van der Waals surface area (Å²) in [5, 5.41) is 7.55. The minimum atomic E-state index is -0.00914. The molecule has 1 aromatic carbocycles. The lowest BCUT2D eigenvalue weighted by Gasteiger charge is -2.08. The van der Waals surface area contributed by atoms with Crippen molar-refractivity contribution in [3.63, 3.8) is 0 Å². The van der Waals surface area contributed by atoms with E-state index in [0.717, 1.165) is 28.9 Å². The van der Waals surface area contributed by atoms with E-state index in [-0.39, 0.29) is 5.91 Å². The summed E-state index contributed by atoms with van der Waals surface area (Å²) in [5.41, 5.74) is 5.17. The molecule has 0 radical (unpaired) electrons. The van der Waals surface area contributed by atoms with Gasteiger partial charge in [0.05, 0.1) is 17.8 Å². The standard InChI is InChI=1S/C21H25N5O/c1-25(2)15-19-12-20(24-26(19)3)18-8-6-16(7-9-18)14-23-21(27)11-17-5-4-10-22-13-17/h4-10,12-13H,11,14-15H2,1-3H3,(H,23,27). The second kappa shape index (κ2) is 8.60. The zero-order chi connectivity index (χ0) is 19.2. The Balaban J connectivity index is 1.58. The average Bonchev–Trinajstić information content (AvgIpc) is 3.01. The molecule has 2 aromatic heterocycles. The number of benzene rings is 1. The molecule has 0 atom stereocenters. The summed E-state index contributed by atoms with van der Waals surface area (Å²) >= 11 is 0. The lowest BCUT2D eigenvalue weighted by molar-refractivity contribution is -0.120. The van der Waals surface area contributed by atoms with Gasteiger partial charge in [-0.05, 0) is 37.4 Å². The van der Waals surface area contributed by atoms with Crippen LogP contribution in [0.1, 0.15) is 16.8 Å². The van der Waals surface area contributed by atoms with Gasteiger partial charge in [-0.15, -0.1) is 0 Å². The highest BCUT2D eigenvalue weighted by Crippen LogP contribution is 2.20. The van der Waals surface area contributed by atoms with Crippen molar-refractivity contribution < 1.29 is 4.79 Å². The molecule has 0 bridgehead atoms. The maximum absolute atomic E-state index is 12.0. The SMILES string of the molecule is CN(C)Cc1cc(-c2ccc(CNC(=O)Cc3cccnc3)cc2)nn1C. The molecule has 0 aliphatic carbocycles. The van der Waals surface area contributed by atoms with Crippen LogP contribution in [-0.2, 0) is 31.4 Å². The van der Waals surface area contributed by atoms with Crippen molar-refractivity contribution in [1.29, 1.82) is 0 Å². The van der Waals surface area contributed by atoms with Crippen LogP contribution in [0.15, 0.2) is 54.9 Å². The van der Waals surface area contributed by atoms with Gasteiger partial charge in [0.15, 0.2) is 0 Å². The maximum atomic E-state index is 12.0. The first kappa shape index (κ1) is 18.8. The molecule has 6 heteroatoms. The normalized spacial score (nSPS) is 11.0. The fourth-order valence-corrected chi connectivity index (χ4v) is 2.86. The van der Waals surface area contributed by atoms with Crippen LogP contribution in [0.3, 0.4) is 0 Å². The van der Waals surface area contributed by atoms with Gasteiger partial charge in [-0.1, -0.05) is 30.3 Å². The van der Waals surface area contributed by atoms with E-state index < -0.39 is 0 Å². The van der Waals surface area contributed by atoms with Gasteiger partial charge < -0.3 is 10.2 Å². The smallest absolute Gasteiger partial charge is 0.224 e. The highest BCUT2D eigenvalue weighted by molar-refractivity contribution is 5.78. The highest BCUT2D eigenvalue weighted by Gasteiger charge is 2.08. The Kier molecular flexibility index (Phi) is 5.98. The van der Waals surface area contributed by atoms with E-state index in [2.05, 4.69) is 26.4 Å². The third-order valence-corrected chi connectivity index (χ3v) is 4.28. The summed E-state index contributed by atoms with van der Waals surface area (Å²) in [6.07, 6.45) is 3.76. The van der Waals surface area contributed by atoms with E-state index in [1.54, 1.807) is 12.4 Å². The number of amides is 1. The van der Waals surface area contributed by atoms with Crippen LogP contribution in [0.5, 0.6) is 0 Å². The van der Waals surface area contributed by atoms with Crippen molar-refractivity contribution in [2.45, 2.75) is 19.5 Å². The summed E-state index contributed by atoms with van der Waals surface area (Å²) in [6, 6.07) is 14.0.